The molecular formula is C13H19ClN2O. The summed E-state index contributed by atoms with van der Waals surface area (Å²) >= 11 is 5.99. The molecule has 3 N–H and O–H groups in total. The second kappa shape index (κ2) is 5.52. The minimum atomic E-state index is -0.182. The van der Waals surface area contributed by atoms with Crippen molar-refractivity contribution in [3.05, 3.63) is 28.8 Å². The molecule has 94 valence electrons. The molecule has 0 aliphatic rings. The van der Waals surface area contributed by atoms with E-state index >= 15 is 0 Å². The minimum Gasteiger partial charge on any atom is -0.330 e. The summed E-state index contributed by atoms with van der Waals surface area (Å²) in [4.78, 5) is 11.8. The molecule has 1 aromatic carbocycles. The molecule has 0 aromatic heterocycles. The summed E-state index contributed by atoms with van der Waals surface area (Å²) in [5.41, 5.74) is 7.12. The van der Waals surface area contributed by atoms with E-state index in [0.717, 1.165) is 11.3 Å². The Morgan fingerprint density at radius 3 is 2.65 bits per heavy atom. The number of carbonyl (C=O) groups is 1. The average Bonchev–Trinajstić information content (AvgIpc) is 2.23. The number of halogens is 1. The second-order valence-corrected chi connectivity index (χ2v) is 5.46. The summed E-state index contributed by atoms with van der Waals surface area (Å²) in [7, 11) is 0. The Morgan fingerprint density at radius 2 is 2.12 bits per heavy atom. The van der Waals surface area contributed by atoms with Gasteiger partial charge in [0.05, 0.1) is 0 Å². The van der Waals surface area contributed by atoms with Gasteiger partial charge in [0.25, 0.3) is 0 Å². The molecule has 0 fully saturated rings. The molecular weight excluding hydrogens is 236 g/mol. The molecule has 0 saturated carbocycles. The van der Waals surface area contributed by atoms with Gasteiger partial charge in [0.1, 0.15) is 0 Å². The number of anilines is 1. The number of hydrogen-bond acceptors (Lipinski definition) is 2. The normalized spacial score (nSPS) is 11.4. The van der Waals surface area contributed by atoms with Crippen LogP contribution in [0.2, 0.25) is 5.02 Å². The van der Waals surface area contributed by atoms with Crippen LogP contribution in [0.5, 0.6) is 0 Å². The minimum absolute atomic E-state index is 0.0413. The molecule has 3 nitrogen and oxygen atoms in total. The Kier molecular flexibility index (Phi) is 4.54. The molecule has 0 bridgehead atoms. The fourth-order valence-corrected chi connectivity index (χ4v) is 1.56. The lowest BCUT2D eigenvalue weighted by atomic mass is 9.89. The van der Waals surface area contributed by atoms with E-state index in [-0.39, 0.29) is 11.3 Å². The maximum Gasteiger partial charge on any atom is 0.224 e. The lowest BCUT2D eigenvalue weighted by Crippen LogP contribution is -2.29. The highest BCUT2D eigenvalue weighted by molar-refractivity contribution is 6.31. The third-order valence-corrected chi connectivity index (χ3v) is 3.05. The van der Waals surface area contributed by atoms with E-state index in [2.05, 4.69) is 5.32 Å². The lowest BCUT2D eigenvalue weighted by molar-refractivity contribution is -0.117. The molecule has 4 heteroatoms. The number of nitrogens with one attached hydrogen (secondary N) is 1. The lowest BCUT2D eigenvalue weighted by Gasteiger charge is -2.21. The molecule has 0 saturated heterocycles. The predicted molar refractivity (Wildman–Crippen MR) is 72.3 cm³/mol. The summed E-state index contributed by atoms with van der Waals surface area (Å²) in [6.07, 6.45) is 0.398. The van der Waals surface area contributed by atoms with Crippen LogP contribution < -0.4 is 11.1 Å². The zero-order valence-corrected chi connectivity index (χ0v) is 11.3. The third kappa shape index (κ3) is 4.36. The molecule has 1 amide bonds. The number of rotatable bonds is 4. The SMILES string of the molecule is Cc1ccc(NC(=O)CC(C)(C)CN)cc1Cl. The van der Waals surface area contributed by atoms with Crippen LogP contribution in [0.25, 0.3) is 0 Å². The van der Waals surface area contributed by atoms with E-state index < -0.39 is 0 Å². The van der Waals surface area contributed by atoms with Gasteiger partial charge in [-0.3, -0.25) is 4.79 Å². The molecule has 0 spiro atoms. The van der Waals surface area contributed by atoms with Crippen LogP contribution in [0.15, 0.2) is 18.2 Å². The van der Waals surface area contributed by atoms with E-state index in [1.165, 1.54) is 0 Å². The first kappa shape index (κ1) is 14.0. The van der Waals surface area contributed by atoms with Gasteiger partial charge in [-0.2, -0.15) is 0 Å². The molecule has 1 rings (SSSR count). The van der Waals surface area contributed by atoms with Crippen molar-refractivity contribution in [2.45, 2.75) is 27.2 Å². The Labute approximate surface area is 107 Å². The molecule has 1 aromatic rings. The van der Waals surface area contributed by atoms with Crippen LogP contribution in [0.3, 0.4) is 0 Å². The fraction of sp³-hybridized carbons (Fsp3) is 0.462. The topological polar surface area (TPSA) is 55.1 Å². The standard InChI is InChI=1S/C13H19ClN2O/c1-9-4-5-10(6-11(9)14)16-12(17)7-13(2,3)8-15/h4-6H,7-8,15H2,1-3H3,(H,16,17). The zero-order chi connectivity index (χ0) is 13.1. The zero-order valence-electron chi connectivity index (χ0n) is 10.5. The second-order valence-electron chi connectivity index (χ2n) is 5.06. The Bertz CT molecular complexity index is 416. The van der Waals surface area contributed by atoms with Crippen LogP contribution in [0.4, 0.5) is 5.69 Å². The van der Waals surface area contributed by atoms with Crippen molar-refractivity contribution in [3.63, 3.8) is 0 Å². The third-order valence-electron chi connectivity index (χ3n) is 2.65. The predicted octanol–water partition coefficient (Wildman–Crippen LogP) is 2.96. The summed E-state index contributed by atoms with van der Waals surface area (Å²) < 4.78 is 0. The average molecular weight is 255 g/mol. The maximum absolute atomic E-state index is 11.8. The highest BCUT2D eigenvalue weighted by Crippen LogP contribution is 2.22. The number of hydrogen-bond donors (Lipinski definition) is 2. The highest BCUT2D eigenvalue weighted by atomic mass is 35.5. The smallest absolute Gasteiger partial charge is 0.224 e. The molecule has 0 aliphatic heterocycles. The Morgan fingerprint density at radius 1 is 1.47 bits per heavy atom. The van der Waals surface area contributed by atoms with E-state index in [4.69, 9.17) is 17.3 Å². The Hall–Kier alpha value is -1.06. The number of nitrogens with two attached hydrogens (primary N) is 1. The first-order valence-electron chi connectivity index (χ1n) is 5.60. The molecule has 0 unspecified atom stereocenters. The summed E-state index contributed by atoms with van der Waals surface area (Å²) in [5.74, 6) is -0.0413. The van der Waals surface area contributed by atoms with Crippen LogP contribution in [-0.4, -0.2) is 12.5 Å². The van der Waals surface area contributed by atoms with E-state index in [1.54, 1.807) is 6.07 Å². The van der Waals surface area contributed by atoms with E-state index in [0.29, 0.717) is 18.0 Å². The Balaban J connectivity index is 2.65. The molecule has 0 heterocycles. The highest BCUT2D eigenvalue weighted by Gasteiger charge is 2.20. The van der Waals surface area contributed by atoms with E-state index in [1.807, 2.05) is 32.9 Å². The van der Waals surface area contributed by atoms with Gasteiger partial charge < -0.3 is 11.1 Å². The van der Waals surface area contributed by atoms with Crippen molar-refractivity contribution in [1.29, 1.82) is 0 Å². The largest absolute Gasteiger partial charge is 0.330 e. The van der Waals surface area contributed by atoms with Crippen molar-refractivity contribution in [2.24, 2.45) is 11.1 Å². The van der Waals surface area contributed by atoms with Gasteiger partial charge in [-0.1, -0.05) is 31.5 Å². The van der Waals surface area contributed by atoms with Crippen LogP contribution in [0, 0.1) is 12.3 Å². The van der Waals surface area contributed by atoms with Gasteiger partial charge >= 0.3 is 0 Å². The molecule has 17 heavy (non-hydrogen) atoms. The van der Waals surface area contributed by atoms with Crippen molar-refractivity contribution in [3.8, 4) is 0 Å². The van der Waals surface area contributed by atoms with E-state index in [9.17, 15) is 4.79 Å². The van der Waals surface area contributed by atoms with Crippen LogP contribution >= 0.6 is 11.6 Å². The fourth-order valence-electron chi connectivity index (χ4n) is 1.38. The summed E-state index contributed by atoms with van der Waals surface area (Å²) in [6.45, 7) is 6.34. The number of aryl methyl sites for hydroxylation is 1. The number of benzene rings is 1. The number of amides is 1. The van der Waals surface area contributed by atoms with Crippen LogP contribution in [0.1, 0.15) is 25.8 Å². The van der Waals surface area contributed by atoms with Crippen molar-refractivity contribution >= 4 is 23.2 Å². The quantitative estimate of drug-likeness (QED) is 0.868. The van der Waals surface area contributed by atoms with Gasteiger partial charge in [-0.05, 0) is 36.6 Å². The van der Waals surface area contributed by atoms with Crippen LogP contribution in [-0.2, 0) is 4.79 Å². The van der Waals surface area contributed by atoms with Gasteiger partial charge in [0.2, 0.25) is 5.91 Å². The summed E-state index contributed by atoms with van der Waals surface area (Å²) in [6, 6.07) is 5.48. The summed E-state index contributed by atoms with van der Waals surface area (Å²) in [5, 5.41) is 3.48. The molecule has 0 atom stereocenters. The number of carbonyl (C=O) groups excluding carboxylic acids is 1. The van der Waals surface area contributed by atoms with Gasteiger partial charge in [-0.25, -0.2) is 0 Å². The monoisotopic (exact) mass is 254 g/mol. The first-order valence-corrected chi connectivity index (χ1v) is 5.98. The van der Waals surface area contributed by atoms with Gasteiger partial charge in [-0.15, -0.1) is 0 Å². The maximum atomic E-state index is 11.8. The van der Waals surface area contributed by atoms with Gasteiger partial charge in [0, 0.05) is 17.1 Å². The van der Waals surface area contributed by atoms with Crippen molar-refractivity contribution in [2.75, 3.05) is 11.9 Å². The first-order chi connectivity index (χ1) is 7.84. The molecule has 0 aliphatic carbocycles. The van der Waals surface area contributed by atoms with Crippen molar-refractivity contribution in [1.82, 2.24) is 0 Å². The van der Waals surface area contributed by atoms with Gasteiger partial charge in [0.15, 0.2) is 0 Å². The van der Waals surface area contributed by atoms with Crippen molar-refractivity contribution < 1.29 is 4.79 Å². The molecule has 0 radical (unpaired) electrons.